The van der Waals surface area contributed by atoms with Crippen molar-refractivity contribution in [1.82, 2.24) is 14.8 Å². The van der Waals surface area contributed by atoms with E-state index in [1.54, 1.807) is 22.8 Å². The molecule has 0 amide bonds. The highest BCUT2D eigenvalue weighted by atomic mass is 35.5. The van der Waals surface area contributed by atoms with E-state index in [1.807, 2.05) is 6.92 Å². The van der Waals surface area contributed by atoms with Crippen LogP contribution in [0.4, 0.5) is 13.2 Å². The summed E-state index contributed by atoms with van der Waals surface area (Å²) in [6.45, 7) is 2.11. The maximum Gasteiger partial charge on any atom is 0.416 e. The lowest BCUT2D eigenvalue weighted by atomic mass is 10.2. The van der Waals surface area contributed by atoms with Crippen molar-refractivity contribution in [3.8, 4) is 5.75 Å². The SMILES string of the molecule is CCn1c(COc2cccc(C(F)(F)F)c2)nnc1[S@@](=O)Cc1ccc(Cl)c(Cl)c1. The molecule has 0 radical (unpaired) electrons. The van der Waals surface area contributed by atoms with Gasteiger partial charge in [0.2, 0.25) is 5.16 Å². The molecule has 0 unspecified atom stereocenters. The highest BCUT2D eigenvalue weighted by molar-refractivity contribution is 7.84. The maximum atomic E-state index is 12.8. The van der Waals surface area contributed by atoms with E-state index in [9.17, 15) is 17.4 Å². The molecule has 0 spiro atoms. The van der Waals surface area contributed by atoms with E-state index in [0.29, 0.717) is 22.4 Å². The molecule has 30 heavy (non-hydrogen) atoms. The number of aromatic nitrogens is 3. The lowest BCUT2D eigenvalue weighted by Gasteiger charge is -2.11. The van der Waals surface area contributed by atoms with E-state index in [2.05, 4.69) is 10.2 Å². The molecular formula is C19H16Cl2F3N3O2S. The smallest absolute Gasteiger partial charge is 0.416 e. The van der Waals surface area contributed by atoms with E-state index in [1.165, 1.54) is 12.1 Å². The molecule has 11 heteroatoms. The van der Waals surface area contributed by atoms with Crippen LogP contribution in [0.2, 0.25) is 10.0 Å². The van der Waals surface area contributed by atoms with Crippen molar-refractivity contribution < 1.29 is 22.1 Å². The Balaban J connectivity index is 1.74. The highest BCUT2D eigenvalue weighted by Crippen LogP contribution is 2.31. The normalized spacial score (nSPS) is 12.7. The molecule has 0 bridgehead atoms. The monoisotopic (exact) mass is 477 g/mol. The van der Waals surface area contributed by atoms with Crippen LogP contribution >= 0.6 is 23.2 Å². The number of nitrogens with zero attached hydrogens (tertiary/aromatic N) is 3. The molecule has 160 valence electrons. The van der Waals surface area contributed by atoms with Crippen LogP contribution in [0.25, 0.3) is 0 Å². The second-order valence-corrected chi connectivity index (χ2v) is 8.35. The summed E-state index contributed by atoms with van der Waals surface area (Å²) in [5.74, 6) is 0.560. The fourth-order valence-corrected chi connectivity index (χ4v) is 4.21. The Morgan fingerprint density at radius 3 is 2.53 bits per heavy atom. The van der Waals surface area contributed by atoms with Crippen molar-refractivity contribution in [3.63, 3.8) is 0 Å². The Labute approximate surface area is 183 Å². The average Bonchev–Trinajstić information content (AvgIpc) is 3.12. The highest BCUT2D eigenvalue weighted by Gasteiger charge is 2.30. The summed E-state index contributed by atoms with van der Waals surface area (Å²) in [4.78, 5) is 0. The lowest BCUT2D eigenvalue weighted by molar-refractivity contribution is -0.137. The molecule has 0 aliphatic heterocycles. The van der Waals surface area contributed by atoms with E-state index in [0.717, 1.165) is 17.7 Å². The molecule has 0 fully saturated rings. The third-order valence-corrected chi connectivity index (χ3v) is 6.17. The van der Waals surface area contributed by atoms with Crippen molar-refractivity contribution in [2.75, 3.05) is 0 Å². The molecule has 0 aliphatic rings. The van der Waals surface area contributed by atoms with Crippen molar-refractivity contribution in [1.29, 1.82) is 0 Å². The fraction of sp³-hybridized carbons (Fsp3) is 0.263. The van der Waals surface area contributed by atoms with Crippen LogP contribution in [0.1, 0.15) is 23.9 Å². The van der Waals surface area contributed by atoms with Gasteiger partial charge in [0.15, 0.2) is 5.82 Å². The first-order valence-corrected chi connectivity index (χ1v) is 10.8. The largest absolute Gasteiger partial charge is 0.486 e. The molecule has 1 heterocycles. The van der Waals surface area contributed by atoms with Gasteiger partial charge in [-0.1, -0.05) is 35.3 Å². The lowest BCUT2D eigenvalue weighted by Crippen LogP contribution is -2.11. The van der Waals surface area contributed by atoms with Crippen LogP contribution in [0.3, 0.4) is 0 Å². The third-order valence-electron chi connectivity index (χ3n) is 4.12. The zero-order valence-corrected chi connectivity index (χ0v) is 17.9. The fourth-order valence-electron chi connectivity index (χ4n) is 2.67. The number of halogens is 5. The molecule has 2 aromatic carbocycles. The minimum Gasteiger partial charge on any atom is -0.486 e. The van der Waals surface area contributed by atoms with Gasteiger partial charge < -0.3 is 9.30 Å². The Kier molecular flexibility index (Phi) is 7.05. The summed E-state index contributed by atoms with van der Waals surface area (Å²) in [7, 11) is -1.52. The summed E-state index contributed by atoms with van der Waals surface area (Å²) in [6, 6.07) is 9.53. The average molecular weight is 478 g/mol. The van der Waals surface area contributed by atoms with Crippen LogP contribution in [-0.2, 0) is 35.9 Å². The second kappa shape index (κ2) is 9.36. The zero-order chi connectivity index (χ0) is 21.9. The van der Waals surface area contributed by atoms with Crippen molar-refractivity contribution in [2.45, 2.75) is 37.2 Å². The van der Waals surface area contributed by atoms with Gasteiger partial charge in [0, 0.05) is 6.54 Å². The molecule has 5 nitrogen and oxygen atoms in total. The van der Waals surface area contributed by atoms with Crippen molar-refractivity contribution >= 4 is 34.0 Å². The number of alkyl halides is 3. The predicted octanol–water partition coefficient (Wildman–Crippen LogP) is 5.51. The van der Waals surface area contributed by atoms with Crippen molar-refractivity contribution in [3.05, 3.63) is 69.5 Å². The number of rotatable bonds is 7. The zero-order valence-electron chi connectivity index (χ0n) is 15.6. The van der Waals surface area contributed by atoms with Gasteiger partial charge in [-0.25, -0.2) is 0 Å². The van der Waals surface area contributed by atoms with Crippen LogP contribution in [0.15, 0.2) is 47.6 Å². The summed E-state index contributed by atoms with van der Waals surface area (Å²) >= 11 is 11.9. The van der Waals surface area contributed by atoms with Gasteiger partial charge in [-0.05, 0) is 42.8 Å². The van der Waals surface area contributed by atoms with Crippen LogP contribution in [-0.4, -0.2) is 19.0 Å². The predicted molar refractivity (Wildman–Crippen MR) is 108 cm³/mol. The summed E-state index contributed by atoms with van der Waals surface area (Å²) in [5.41, 5.74) is -0.0875. The van der Waals surface area contributed by atoms with Gasteiger partial charge in [0.25, 0.3) is 0 Å². The van der Waals surface area contributed by atoms with Gasteiger partial charge >= 0.3 is 6.18 Å². The first-order valence-electron chi connectivity index (χ1n) is 8.73. The van der Waals surface area contributed by atoms with Crippen LogP contribution in [0, 0.1) is 0 Å². The molecule has 0 aliphatic carbocycles. The Morgan fingerprint density at radius 2 is 1.87 bits per heavy atom. The van der Waals surface area contributed by atoms with Crippen LogP contribution < -0.4 is 4.74 Å². The Hall–Kier alpha value is -2.10. The Morgan fingerprint density at radius 1 is 1.10 bits per heavy atom. The summed E-state index contributed by atoms with van der Waals surface area (Å²) < 4.78 is 58.4. The molecule has 3 rings (SSSR count). The third kappa shape index (κ3) is 5.33. The molecule has 0 N–H and O–H groups in total. The first-order chi connectivity index (χ1) is 14.2. The molecule has 1 aromatic heterocycles. The van der Waals surface area contributed by atoms with Gasteiger partial charge in [0.05, 0.1) is 32.2 Å². The first kappa shape index (κ1) is 22.6. The molecule has 0 saturated carbocycles. The minimum absolute atomic E-state index is 0.0500. The number of hydrogen-bond donors (Lipinski definition) is 0. The molecular weight excluding hydrogens is 462 g/mol. The minimum atomic E-state index is -4.46. The van der Waals surface area contributed by atoms with E-state index in [-0.39, 0.29) is 23.3 Å². The number of hydrogen-bond acceptors (Lipinski definition) is 4. The van der Waals surface area contributed by atoms with Crippen molar-refractivity contribution in [2.24, 2.45) is 0 Å². The maximum absolute atomic E-state index is 12.8. The standard InChI is InChI=1S/C19H16Cl2F3N3O2S/c1-2-27-17(10-29-14-5-3-4-13(9-14)19(22,23)24)25-26-18(27)30(28)11-12-6-7-15(20)16(21)8-12/h3-9H,2,10-11H2,1H3/t30-/m0/s1. The van der Waals surface area contributed by atoms with E-state index in [4.69, 9.17) is 27.9 Å². The van der Waals surface area contributed by atoms with Gasteiger partial charge in [-0.3, -0.25) is 4.21 Å². The molecule has 1 atom stereocenters. The number of benzene rings is 2. The Bertz CT molecular complexity index is 1070. The van der Waals surface area contributed by atoms with E-state index < -0.39 is 22.5 Å². The van der Waals surface area contributed by atoms with Gasteiger partial charge in [0.1, 0.15) is 12.4 Å². The van der Waals surface area contributed by atoms with Gasteiger partial charge in [-0.2, -0.15) is 13.2 Å². The van der Waals surface area contributed by atoms with Crippen LogP contribution in [0.5, 0.6) is 5.75 Å². The van der Waals surface area contributed by atoms with E-state index >= 15 is 0 Å². The summed E-state index contributed by atoms with van der Waals surface area (Å²) in [5, 5.41) is 8.98. The topological polar surface area (TPSA) is 57.0 Å². The molecule has 0 saturated heterocycles. The number of ether oxygens (including phenoxy) is 1. The molecule has 3 aromatic rings. The summed E-state index contributed by atoms with van der Waals surface area (Å²) in [6.07, 6.45) is -4.46. The quantitative estimate of drug-likeness (QED) is 0.450. The second-order valence-electron chi connectivity index (χ2n) is 6.20. The van der Waals surface area contributed by atoms with Gasteiger partial charge in [-0.15, -0.1) is 10.2 Å².